The predicted octanol–water partition coefficient (Wildman–Crippen LogP) is 2.59. The van der Waals surface area contributed by atoms with Crippen molar-refractivity contribution in [1.29, 1.82) is 0 Å². The minimum atomic E-state index is -0.548. The molecule has 120 valence electrons. The highest BCUT2D eigenvalue weighted by Gasteiger charge is 2.14. The van der Waals surface area contributed by atoms with Crippen molar-refractivity contribution < 1.29 is 14.3 Å². The van der Waals surface area contributed by atoms with Crippen molar-refractivity contribution in [1.82, 2.24) is 10.3 Å². The molecule has 1 aromatic carbocycles. The maximum Gasteiger partial charge on any atom is 0.341 e. The first-order chi connectivity index (χ1) is 11.1. The molecule has 5 nitrogen and oxygen atoms in total. The first kappa shape index (κ1) is 17.0. The zero-order valence-corrected chi connectivity index (χ0v) is 13.9. The number of pyridine rings is 1. The molecule has 0 bridgehead atoms. The van der Waals surface area contributed by atoms with E-state index < -0.39 is 5.97 Å². The monoisotopic (exact) mass is 330 g/mol. The number of rotatable bonds is 6. The number of hydrogen-bond acceptors (Lipinski definition) is 5. The van der Waals surface area contributed by atoms with Gasteiger partial charge in [-0.1, -0.05) is 24.3 Å². The number of ether oxygens (including phenoxy) is 1. The number of carbonyl (C=O) groups is 2. The Bertz CT molecular complexity index is 704. The van der Waals surface area contributed by atoms with Crippen molar-refractivity contribution in [2.75, 3.05) is 12.9 Å². The van der Waals surface area contributed by atoms with Gasteiger partial charge in [-0.15, -0.1) is 11.8 Å². The number of thioether (sulfide) groups is 1. The Morgan fingerprint density at radius 1 is 1.22 bits per heavy atom. The number of nitrogens with zero attached hydrogens (tertiary/aromatic N) is 1. The summed E-state index contributed by atoms with van der Waals surface area (Å²) in [4.78, 5) is 27.9. The van der Waals surface area contributed by atoms with Gasteiger partial charge in [0, 0.05) is 12.7 Å². The molecule has 0 radical (unpaired) electrons. The molecular formula is C17H18N2O3S. The Morgan fingerprint density at radius 2 is 2.00 bits per heavy atom. The molecule has 0 saturated heterocycles. The molecule has 1 N–H and O–H groups in total. The van der Waals surface area contributed by atoms with Gasteiger partial charge in [-0.25, -0.2) is 9.78 Å². The second-order valence-electron chi connectivity index (χ2n) is 4.84. The Morgan fingerprint density at radius 3 is 2.74 bits per heavy atom. The van der Waals surface area contributed by atoms with E-state index in [1.807, 2.05) is 37.4 Å². The lowest BCUT2D eigenvalue weighted by Gasteiger charge is -2.09. The highest BCUT2D eigenvalue weighted by molar-refractivity contribution is 7.98. The van der Waals surface area contributed by atoms with Gasteiger partial charge in [0.25, 0.3) is 5.91 Å². The molecule has 0 unspecified atom stereocenters. The van der Waals surface area contributed by atoms with E-state index in [0.717, 1.165) is 11.1 Å². The second-order valence-corrected chi connectivity index (χ2v) is 5.63. The summed E-state index contributed by atoms with van der Waals surface area (Å²) in [7, 11) is 0. The van der Waals surface area contributed by atoms with E-state index in [9.17, 15) is 9.59 Å². The van der Waals surface area contributed by atoms with Crippen molar-refractivity contribution >= 4 is 23.6 Å². The van der Waals surface area contributed by atoms with Crippen LogP contribution in [0.5, 0.6) is 0 Å². The Kier molecular flexibility index (Phi) is 6.17. The molecule has 0 spiro atoms. The zero-order chi connectivity index (χ0) is 16.7. The minimum absolute atomic E-state index is 0.312. The van der Waals surface area contributed by atoms with Crippen LogP contribution in [0.4, 0.5) is 0 Å². The van der Waals surface area contributed by atoms with Gasteiger partial charge in [-0.3, -0.25) is 4.79 Å². The van der Waals surface area contributed by atoms with E-state index in [1.165, 1.54) is 11.8 Å². The number of esters is 1. The Hall–Kier alpha value is -2.34. The molecule has 2 rings (SSSR count). The standard InChI is InChI=1S/C17H18N2O3S/c1-12-6-3-4-7-13(12)10-19-15(20)11-22-17(21)14-8-5-9-18-16(14)23-2/h3-9H,10-11H2,1-2H3,(H,19,20). The van der Waals surface area contributed by atoms with E-state index in [4.69, 9.17) is 4.74 Å². The quantitative estimate of drug-likeness (QED) is 0.651. The third-order valence-corrected chi connectivity index (χ3v) is 3.97. The summed E-state index contributed by atoms with van der Waals surface area (Å²) >= 11 is 1.35. The number of benzene rings is 1. The van der Waals surface area contributed by atoms with Gasteiger partial charge in [-0.2, -0.15) is 0 Å². The van der Waals surface area contributed by atoms with Crippen LogP contribution < -0.4 is 5.32 Å². The molecule has 0 aliphatic rings. The zero-order valence-electron chi connectivity index (χ0n) is 13.0. The van der Waals surface area contributed by atoms with Gasteiger partial charge in [-0.05, 0) is 36.4 Å². The third-order valence-electron chi connectivity index (χ3n) is 3.26. The van der Waals surface area contributed by atoms with Crippen molar-refractivity contribution in [2.24, 2.45) is 0 Å². The van der Waals surface area contributed by atoms with Crippen LogP contribution in [0.1, 0.15) is 21.5 Å². The normalized spacial score (nSPS) is 10.2. The summed E-state index contributed by atoms with van der Waals surface area (Å²) in [6.07, 6.45) is 3.44. The van der Waals surface area contributed by atoms with Crippen molar-refractivity contribution in [3.05, 3.63) is 59.3 Å². The fourth-order valence-electron chi connectivity index (χ4n) is 1.97. The van der Waals surface area contributed by atoms with Gasteiger partial charge < -0.3 is 10.1 Å². The van der Waals surface area contributed by atoms with E-state index in [0.29, 0.717) is 17.1 Å². The molecule has 0 fully saturated rings. The largest absolute Gasteiger partial charge is 0.452 e. The molecule has 0 aliphatic heterocycles. The second kappa shape index (κ2) is 8.33. The highest BCUT2D eigenvalue weighted by Crippen LogP contribution is 2.17. The maximum absolute atomic E-state index is 12.0. The molecule has 23 heavy (non-hydrogen) atoms. The highest BCUT2D eigenvalue weighted by atomic mass is 32.2. The minimum Gasteiger partial charge on any atom is -0.452 e. The third kappa shape index (κ3) is 4.82. The topological polar surface area (TPSA) is 68.3 Å². The van der Waals surface area contributed by atoms with Crippen LogP contribution in [-0.4, -0.2) is 29.7 Å². The van der Waals surface area contributed by atoms with Crippen LogP contribution in [0, 0.1) is 6.92 Å². The summed E-state index contributed by atoms with van der Waals surface area (Å²) in [6.45, 7) is 2.08. The van der Waals surface area contributed by atoms with Crippen molar-refractivity contribution in [2.45, 2.75) is 18.5 Å². The summed E-state index contributed by atoms with van der Waals surface area (Å²) < 4.78 is 5.05. The fourth-order valence-corrected chi connectivity index (χ4v) is 2.51. The van der Waals surface area contributed by atoms with Crippen LogP contribution in [0.25, 0.3) is 0 Å². The molecule has 6 heteroatoms. The molecule has 1 heterocycles. The van der Waals surface area contributed by atoms with Crippen LogP contribution in [0.2, 0.25) is 0 Å². The maximum atomic E-state index is 12.0. The van der Waals surface area contributed by atoms with E-state index in [1.54, 1.807) is 18.3 Å². The Labute approximate surface area is 139 Å². The molecular weight excluding hydrogens is 312 g/mol. The van der Waals surface area contributed by atoms with E-state index in [-0.39, 0.29) is 12.5 Å². The lowest BCUT2D eigenvalue weighted by Crippen LogP contribution is -2.28. The van der Waals surface area contributed by atoms with Crippen LogP contribution in [0.3, 0.4) is 0 Å². The van der Waals surface area contributed by atoms with Crippen molar-refractivity contribution in [3.63, 3.8) is 0 Å². The molecule has 0 atom stereocenters. The first-order valence-electron chi connectivity index (χ1n) is 7.09. The first-order valence-corrected chi connectivity index (χ1v) is 8.31. The summed E-state index contributed by atoms with van der Waals surface area (Å²) in [5.41, 5.74) is 2.50. The smallest absolute Gasteiger partial charge is 0.341 e. The lowest BCUT2D eigenvalue weighted by atomic mass is 10.1. The SMILES string of the molecule is CSc1ncccc1C(=O)OCC(=O)NCc1ccccc1C. The van der Waals surface area contributed by atoms with Gasteiger partial charge in [0.2, 0.25) is 0 Å². The molecule has 1 aromatic heterocycles. The average Bonchev–Trinajstić information content (AvgIpc) is 2.58. The van der Waals surface area contributed by atoms with Crippen LogP contribution in [-0.2, 0) is 16.1 Å². The van der Waals surface area contributed by atoms with Gasteiger partial charge in [0.1, 0.15) is 5.03 Å². The Balaban J connectivity index is 1.84. The van der Waals surface area contributed by atoms with Crippen LogP contribution in [0.15, 0.2) is 47.6 Å². The molecule has 1 amide bonds. The van der Waals surface area contributed by atoms with Crippen LogP contribution >= 0.6 is 11.8 Å². The molecule has 0 aliphatic carbocycles. The van der Waals surface area contributed by atoms with Crippen molar-refractivity contribution in [3.8, 4) is 0 Å². The summed E-state index contributed by atoms with van der Waals surface area (Å²) in [5, 5.41) is 3.32. The van der Waals surface area contributed by atoms with E-state index in [2.05, 4.69) is 10.3 Å². The van der Waals surface area contributed by atoms with Gasteiger partial charge in [0.15, 0.2) is 6.61 Å². The summed E-state index contributed by atoms with van der Waals surface area (Å²) in [5.74, 6) is -0.885. The average molecular weight is 330 g/mol. The van der Waals surface area contributed by atoms with Gasteiger partial charge in [0.05, 0.1) is 5.56 Å². The number of amides is 1. The number of hydrogen-bond donors (Lipinski definition) is 1. The number of nitrogens with one attached hydrogen (secondary N) is 1. The van der Waals surface area contributed by atoms with Gasteiger partial charge >= 0.3 is 5.97 Å². The number of carbonyl (C=O) groups excluding carboxylic acids is 2. The predicted molar refractivity (Wildman–Crippen MR) is 89.3 cm³/mol. The van der Waals surface area contributed by atoms with E-state index >= 15 is 0 Å². The lowest BCUT2D eigenvalue weighted by molar-refractivity contribution is -0.124. The molecule has 2 aromatic rings. The molecule has 0 saturated carbocycles. The summed E-state index contributed by atoms with van der Waals surface area (Å²) in [6, 6.07) is 11.1. The number of aryl methyl sites for hydroxylation is 1. The fraction of sp³-hybridized carbons (Fsp3) is 0.235. The number of aromatic nitrogens is 1.